The van der Waals surface area contributed by atoms with Gasteiger partial charge in [-0.15, -0.1) is 0 Å². The van der Waals surface area contributed by atoms with Gasteiger partial charge in [0.25, 0.3) is 5.91 Å². The summed E-state index contributed by atoms with van der Waals surface area (Å²) in [6, 6.07) is 3.37. The highest BCUT2D eigenvalue weighted by Crippen LogP contribution is 2.13. The molecule has 18 heavy (non-hydrogen) atoms. The van der Waals surface area contributed by atoms with Crippen molar-refractivity contribution in [1.82, 2.24) is 10.3 Å². The zero-order chi connectivity index (χ0) is 13.9. The predicted octanol–water partition coefficient (Wildman–Crippen LogP) is 1.04. The maximum Gasteiger partial charge on any atom is 0.251 e. The van der Waals surface area contributed by atoms with E-state index in [0.29, 0.717) is 5.56 Å². The van der Waals surface area contributed by atoms with E-state index < -0.39 is 11.6 Å². The molecule has 5 heteroatoms. The molecule has 1 atom stereocenters. The molecular weight excluding hydrogens is 230 g/mol. The summed E-state index contributed by atoms with van der Waals surface area (Å²) in [6.45, 7) is 5.21. The summed E-state index contributed by atoms with van der Waals surface area (Å²) in [5.74, 6) is 0.504. The Kier molecular flexibility index (Phi) is 4.29. The van der Waals surface area contributed by atoms with E-state index in [4.69, 9.17) is 0 Å². The van der Waals surface area contributed by atoms with Crippen molar-refractivity contribution < 1.29 is 9.90 Å². The van der Waals surface area contributed by atoms with Crippen molar-refractivity contribution in [2.45, 2.75) is 32.4 Å². The molecule has 1 aromatic heterocycles. The number of amides is 1. The predicted molar refractivity (Wildman–Crippen MR) is 71.8 cm³/mol. The molecule has 0 saturated carbocycles. The summed E-state index contributed by atoms with van der Waals surface area (Å²) in [5.41, 5.74) is -0.138. The first-order chi connectivity index (χ1) is 8.24. The van der Waals surface area contributed by atoms with Crippen LogP contribution in [0.15, 0.2) is 18.3 Å². The zero-order valence-electron chi connectivity index (χ0n) is 11.6. The lowest BCUT2D eigenvalue weighted by atomic mass is 9.98. The Hall–Kier alpha value is -1.62. The van der Waals surface area contributed by atoms with Crippen LogP contribution in [-0.2, 0) is 0 Å². The largest absolute Gasteiger partial charge is 0.391 e. The fourth-order valence-electron chi connectivity index (χ4n) is 1.27. The molecule has 5 nitrogen and oxygen atoms in total. The number of carbonyl (C=O) groups is 1. The molecule has 0 aromatic carbocycles. The van der Waals surface area contributed by atoms with Gasteiger partial charge in [-0.2, -0.15) is 0 Å². The van der Waals surface area contributed by atoms with Gasteiger partial charge >= 0.3 is 0 Å². The SMILES string of the molecule is CC(O)C(C)(C)NC(=O)c1ccnc(N(C)C)c1. The van der Waals surface area contributed by atoms with E-state index in [1.165, 1.54) is 0 Å². The van der Waals surface area contributed by atoms with E-state index in [-0.39, 0.29) is 5.91 Å². The molecule has 1 heterocycles. The van der Waals surface area contributed by atoms with Gasteiger partial charge in [-0.25, -0.2) is 4.98 Å². The highest BCUT2D eigenvalue weighted by molar-refractivity contribution is 5.95. The molecule has 100 valence electrons. The molecule has 0 aliphatic rings. The second-order valence-electron chi connectivity index (χ2n) is 5.15. The lowest BCUT2D eigenvalue weighted by Crippen LogP contribution is -2.51. The van der Waals surface area contributed by atoms with Crippen LogP contribution in [-0.4, -0.2) is 41.7 Å². The normalized spacial score (nSPS) is 13.0. The number of carbonyl (C=O) groups excluding carboxylic acids is 1. The Balaban J connectivity index is 2.88. The van der Waals surface area contributed by atoms with Crippen molar-refractivity contribution in [1.29, 1.82) is 0 Å². The summed E-state index contributed by atoms with van der Waals surface area (Å²) in [5, 5.41) is 12.4. The number of nitrogens with zero attached hydrogens (tertiary/aromatic N) is 2. The number of aliphatic hydroxyl groups excluding tert-OH is 1. The number of aliphatic hydroxyl groups is 1. The van der Waals surface area contributed by atoms with Crippen molar-refractivity contribution in [2.24, 2.45) is 0 Å². The first-order valence-electron chi connectivity index (χ1n) is 5.88. The first-order valence-corrected chi connectivity index (χ1v) is 5.88. The van der Waals surface area contributed by atoms with Gasteiger partial charge in [0.05, 0.1) is 11.6 Å². The minimum Gasteiger partial charge on any atom is -0.391 e. The summed E-state index contributed by atoms with van der Waals surface area (Å²) in [7, 11) is 3.73. The van der Waals surface area contributed by atoms with E-state index in [9.17, 15) is 9.90 Å². The average molecular weight is 251 g/mol. The van der Waals surface area contributed by atoms with Crippen LogP contribution in [0.1, 0.15) is 31.1 Å². The van der Waals surface area contributed by atoms with Crippen molar-refractivity contribution in [3.05, 3.63) is 23.9 Å². The van der Waals surface area contributed by atoms with E-state index in [0.717, 1.165) is 5.82 Å². The second-order valence-corrected chi connectivity index (χ2v) is 5.15. The number of rotatable bonds is 4. The van der Waals surface area contributed by atoms with Gasteiger partial charge in [0, 0.05) is 25.9 Å². The Morgan fingerprint density at radius 3 is 2.61 bits per heavy atom. The number of hydrogen-bond acceptors (Lipinski definition) is 4. The van der Waals surface area contributed by atoms with Crippen LogP contribution >= 0.6 is 0 Å². The molecule has 0 aliphatic carbocycles. The molecule has 0 bridgehead atoms. The molecule has 0 aliphatic heterocycles. The highest BCUT2D eigenvalue weighted by Gasteiger charge is 2.26. The number of hydrogen-bond donors (Lipinski definition) is 2. The zero-order valence-corrected chi connectivity index (χ0v) is 11.6. The number of pyridine rings is 1. The fraction of sp³-hybridized carbons (Fsp3) is 0.538. The van der Waals surface area contributed by atoms with Crippen LogP contribution in [0, 0.1) is 0 Å². The monoisotopic (exact) mass is 251 g/mol. The van der Waals surface area contributed by atoms with Gasteiger partial charge < -0.3 is 15.3 Å². The highest BCUT2D eigenvalue weighted by atomic mass is 16.3. The fourth-order valence-corrected chi connectivity index (χ4v) is 1.27. The number of nitrogens with one attached hydrogen (secondary N) is 1. The number of anilines is 1. The molecule has 1 aromatic rings. The summed E-state index contributed by atoms with van der Waals surface area (Å²) < 4.78 is 0. The quantitative estimate of drug-likeness (QED) is 0.839. The molecule has 0 radical (unpaired) electrons. The molecule has 1 unspecified atom stereocenters. The third-order valence-corrected chi connectivity index (χ3v) is 2.95. The Morgan fingerprint density at radius 1 is 1.50 bits per heavy atom. The second kappa shape index (κ2) is 5.35. The van der Waals surface area contributed by atoms with Gasteiger partial charge in [0.2, 0.25) is 0 Å². The Labute approximate surface area is 108 Å². The first kappa shape index (κ1) is 14.4. The molecule has 0 saturated heterocycles. The minimum absolute atomic E-state index is 0.216. The average Bonchev–Trinajstić information content (AvgIpc) is 2.28. The Morgan fingerprint density at radius 2 is 2.11 bits per heavy atom. The minimum atomic E-state index is -0.668. The topological polar surface area (TPSA) is 65.5 Å². The van der Waals surface area contributed by atoms with Gasteiger partial charge in [-0.05, 0) is 32.9 Å². The molecule has 1 amide bonds. The number of aromatic nitrogens is 1. The van der Waals surface area contributed by atoms with Crippen molar-refractivity contribution in [3.63, 3.8) is 0 Å². The maximum atomic E-state index is 12.1. The third-order valence-electron chi connectivity index (χ3n) is 2.95. The van der Waals surface area contributed by atoms with E-state index in [1.54, 1.807) is 39.1 Å². The van der Waals surface area contributed by atoms with Crippen LogP contribution in [0.25, 0.3) is 0 Å². The summed E-state index contributed by atoms with van der Waals surface area (Å²) >= 11 is 0. The molecule has 2 N–H and O–H groups in total. The van der Waals surface area contributed by atoms with Gasteiger partial charge in [-0.1, -0.05) is 0 Å². The van der Waals surface area contributed by atoms with Crippen molar-refractivity contribution in [2.75, 3.05) is 19.0 Å². The molecule has 1 rings (SSSR count). The van der Waals surface area contributed by atoms with Crippen LogP contribution in [0.2, 0.25) is 0 Å². The van der Waals surface area contributed by atoms with Crippen molar-refractivity contribution in [3.8, 4) is 0 Å². The summed E-state index contributed by atoms with van der Waals surface area (Å²) in [4.78, 5) is 18.1. The van der Waals surface area contributed by atoms with Gasteiger partial charge in [0.1, 0.15) is 5.82 Å². The standard InChI is InChI=1S/C13H21N3O2/c1-9(17)13(2,3)15-12(18)10-6-7-14-11(8-10)16(4)5/h6-9,17H,1-5H3,(H,15,18). The van der Waals surface area contributed by atoms with E-state index in [2.05, 4.69) is 10.3 Å². The van der Waals surface area contributed by atoms with E-state index in [1.807, 2.05) is 19.0 Å². The summed E-state index contributed by atoms with van der Waals surface area (Å²) in [6.07, 6.45) is 0.969. The van der Waals surface area contributed by atoms with Crippen LogP contribution in [0.4, 0.5) is 5.82 Å². The lowest BCUT2D eigenvalue weighted by Gasteiger charge is -2.29. The Bertz CT molecular complexity index is 428. The van der Waals surface area contributed by atoms with E-state index >= 15 is 0 Å². The lowest BCUT2D eigenvalue weighted by molar-refractivity contribution is 0.0709. The smallest absolute Gasteiger partial charge is 0.251 e. The molecule has 0 spiro atoms. The van der Waals surface area contributed by atoms with Gasteiger partial charge in [-0.3, -0.25) is 4.79 Å². The van der Waals surface area contributed by atoms with Gasteiger partial charge in [0.15, 0.2) is 0 Å². The maximum absolute atomic E-state index is 12.1. The van der Waals surface area contributed by atoms with Crippen molar-refractivity contribution >= 4 is 11.7 Å². The van der Waals surface area contributed by atoms with Crippen LogP contribution in [0.3, 0.4) is 0 Å². The molecule has 0 fully saturated rings. The van der Waals surface area contributed by atoms with Crippen LogP contribution < -0.4 is 10.2 Å². The molecular formula is C13H21N3O2. The van der Waals surface area contributed by atoms with Crippen LogP contribution in [0.5, 0.6) is 0 Å². The third kappa shape index (κ3) is 3.43.